The third-order valence-corrected chi connectivity index (χ3v) is 6.19. The molecule has 5 rings (SSSR count). The normalized spacial score (nSPS) is 14.1. The summed E-state index contributed by atoms with van der Waals surface area (Å²) in [4.78, 5) is 20.6. The van der Waals surface area contributed by atoms with Gasteiger partial charge in [0.25, 0.3) is 0 Å². The molecule has 0 aliphatic carbocycles. The Bertz CT molecular complexity index is 1430. The Morgan fingerprint density at radius 2 is 1.97 bits per heavy atom. The predicted molar refractivity (Wildman–Crippen MR) is 130 cm³/mol. The molecule has 4 heterocycles. The summed E-state index contributed by atoms with van der Waals surface area (Å²) in [5, 5.41) is 13.3. The number of fused-ring (bicyclic) bond motifs is 1. The smallest absolute Gasteiger partial charge is 0.161 e. The average Bonchev–Trinajstić information content (AvgIpc) is 3.29. The molecule has 34 heavy (non-hydrogen) atoms. The number of carbonyl (C=O) groups is 1. The fourth-order valence-corrected chi connectivity index (χ4v) is 4.34. The quantitative estimate of drug-likeness (QED) is 0.397. The fourth-order valence-electron chi connectivity index (χ4n) is 4.34. The van der Waals surface area contributed by atoms with E-state index in [1.54, 1.807) is 12.4 Å². The van der Waals surface area contributed by atoms with Gasteiger partial charge in [0.1, 0.15) is 17.3 Å². The molecule has 0 radical (unpaired) electrons. The number of nitrogens with zero attached hydrogens (tertiary/aromatic N) is 3. The lowest BCUT2D eigenvalue weighted by Crippen LogP contribution is -2.28. The number of aryl methyl sites for hydroxylation is 1. The number of hydrogen-bond acceptors (Lipinski definition) is 7. The molecular formula is C27H24N4O3. The van der Waals surface area contributed by atoms with Gasteiger partial charge in [-0.15, -0.1) is 0 Å². The van der Waals surface area contributed by atoms with E-state index in [9.17, 15) is 10.1 Å². The largest absolute Gasteiger partial charge is 0.452 e. The first kappa shape index (κ1) is 21.8. The first-order chi connectivity index (χ1) is 16.5. The minimum absolute atomic E-state index is 0.0202. The highest BCUT2D eigenvalue weighted by molar-refractivity contribution is 5.96. The van der Waals surface area contributed by atoms with Crippen molar-refractivity contribution in [1.82, 2.24) is 9.97 Å². The number of nitrogens with one attached hydrogen (secondary N) is 1. The highest BCUT2D eigenvalue weighted by Gasteiger charge is 2.18. The molecule has 1 aromatic carbocycles. The van der Waals surface area contributed by atoms with Crippen LogP contribution in [0.15, 0.2) is 53.2 Å². The van der Waals surface area contributed by atoms with Crippen molar-refractivity contribution in [3.8, 4) is 28.7 Å². The van der Waals surface area contributed by atoms with Crippen LogP contribution in [0.3, 0.4) is 0 Å². The number of nitriles is 1. The van der Waals surface area contributed by atoms with Crippen LogP contribution in [0, 0.1) is 18.3 Å². The van der Waals surface area contributed by atoms with Gasteiger partial charge >= 0.3 is 0 Å². The lowest BCUT2D eigenvalue weighted by molar-refractivity contribution is 0.0904. The van der Waals surface area contributed by atoms with E-state index < -0.39 is 0 Å². The van der Waals surface area contributed by atoms with Crippen LogP contribution < -0.4 is 5.32 Å². The Kier molecular flexibility index (Phi) is 5.83. The summed E-state index contributed by atoms with van der Waals surface area (Å²) in [5.41, 5.74) is 6.54. The van der Waals surface area contributed by atoms with E-state index in [0.29, 0.717) is 39.7 Å². The molecule has 7 nitrogen and oxygen atoms in total. The zero-order valence-electron chi connectivity index (χ0n) is 19.1. The number of rotatable bonds is 5. The molecule has 1 saturated heterocycles. The molecule has 0 unspecified atom stereocenters. The van der Waals surface area contributed by atoms with E-state index >= 15 is 0 Å². The van der Waals surface area contributed by atoms with Gasteiger partial charge in [0, 0.05) is 48.8 Å². The second-order valence-electron chi connectivity index (χ2n) is 8.53. The number of ketones is 1. The van der Waals surface area contributed by atoms with Gasteiger partial charge in [0.15, 0.2) is 17.1 Å². The van der Waals surface area contributed by atoms with E-state index in [0.717, 1.165) is 48.4 Å². The molecular weight excluding hydrogens is 428 g/mol. The molecule has 0 atom stereocenters. The van der Waals surface area contributed by atoms with Crippen molar-refractivity contribution in [3.63, 3.8) is 0 Å². The topological polar surface area (TPSA) is 101 Å². The Balaban J connectivity index is 1.51. The number of aromatic nitrogens is 2. The van der Waals surface area contributed by atoms with Crippen molar-refractivity contribution >= 4 is 22.6 Å². The van der Waals surface area contributed by atoms with E-state index in [4.69, 9.17) is 9.15 Å². The van der Waals surface area contributed by atoms with Crippen LogP contribution in [-0.4, -0.2) is 35.0 Å². The predicted octanol–water partition coefficient (Wildman–Crippen LogP) is 5.53. The van der Waals surface area contributed by atoms with Crippen LogP contribution in [0.5, 0.6) is 0 Å². The second kappa shape index (κ2) is 9.08. The number of ether oxygens (including phenoxy) is 1. The van der Waals surface area contributed by atoms with Crippen LogP contribution >= 0.6 is 0 Å². The molecule has 4 aromatic rings. The summed E-state index contributed by atoms with van der Waals surface area (Å²) < 4.78 is 11.6. The highest BCUT2D eigenvalue weighted by atomic mass is 16.5. The van der Waals surface area contributed by atoms with Crippen LogP contribution in [-0.2, 0) is 4.74 Å². The minimum Gasteiger partial charge on any atom is -0.452 e. The average molecular weight is 453 g/mol. The lowest BCUT2D eigenvalue weighted by atomic mass is 10.0. The van der Waals surface area contributed by atoms with E-state index in [1.165, 1.54) is 6.92 Å². The third-order valence-electron chi connectivity index (χ3n) is 6.19. The van der Waals surface area contributed by atoms with Gasteiger partial charge in [0.2, 0.25) is 0 Å². The molecule has 3 aromatic heterocycles. The van der Waals surface area contributed by atoms with Gasteiger partial charge in [-0.25, -0.2) is 0 Å². The summed E-state index contributed by atoms with van der Waals surface area (Å²) in [5.74, 6) is 0.555. The summed E-state index contributed by atoms with van der Waals surface area (Å²) in [6, 6.07) is 14.0. The molecule has 7 heteroatoms. The Hall–Kier alpha value is -4.02. The maximum Gasteiger partial charge on any atom is 0.161 e. The number of benzene rings is 1. The second-order valence-corrected chi connectivity index (χ2v) is 8.53. The van der Waals surface area contributed by atoms with Crippen molar-refractivity contribution < 1.29 is 13.9 Å². The van der Waals surface area contributed by atoms with Crippen molar-refractivity contribution in [2.24, 2.45) is 0 Å². The van der Waals surface area contributed by atoms with Crippen LogP contribution in [0.2, 0.25) is 0 Å². The Labute approximate surface area is 197 Å². The molecule has 1 fully saturated rings. The van der Waals surface area contributed by atoms with Gasteiger partial charge in [-0.05, 0) is 62.1 Å². The molecule has 1 aliphatic heterocycles. The summed E-state index contributed by atoms with van der Waals surface area (Å²) >= 11 is 0. The molecule has 1 aliphatic rings. The maximum atomic E-state index is 11.7. The SMILES string of the molecule is CC(=O)c1cnc(-c2cc3nccc(-c4ccc(NC5CCOCC5)c(C#N)c4)c3o2)cc1C. The van der Waals surface area contributed by atoms with Gasteiger partial charge < -0.3 is 14.5 Å². The zero-order valence-corrected chi connectivity index (χ0v) is 19.1. The number of carbonyl (C=O) groups excluding carboxylic acids is 1. The summed E-state index contributed by atoms with van der Waals surface area (Å²) in [6.07, 6.45) is 5.16. The third kappa shape index (κ3) is 4.16. The van der Waals surface area contributed by atoms with Crippen LogP contribution in [0.25, 0.3) is 33.7 Å². The molecule has 1 N–H and O–H groups in total. The van der Waals surface area contributed by atoms with Crippen molar-refractivity contribution in [2.45, 2.75) is 32.7 Å². The van der Waals surface area contributed by atoms with Crippen molar-refractivity contribution in [3.05, 3.63) is 65.5 Å². The number of furan rings is 1. The molecule has 0 saturated carbocycles. The van der Waals surface area contributed by atoms with Crippen molar-refractivity contribution in [1.29, 1.82) is 5.26 Å². The fraction of sp³-hybridized carbons (Fsp3) is 0.259. The van der Waals surface area contributed by atoms with Crippen molar-refractivity contribution in [2.75, 3.05) is 18.5 Å². The first-order valence-electron chi connectivity index (χ1n) is 11.3. The highest BCUT2D eigenvalue weighted by Crippen LogP contribution is 2.35. The maximum absolute atomic E-state index is 11.7. The van der Waals surface area contributed by atoms with Gasteiger partial charge in [-0.1, -0.05) is 6.07 Å². The number of anilines is 1. The molecule has 170 valence electrons. The summed E-state index contributed by atoms with van der Waals surface area (Å²) in [6.45, 7) is 4.88. The van der Waals surface area contributed by atoms with E-state index in [-0.39, 0.29) is 5.78 Å². The van der Waals surface area contributed by atoms with Crippen LogP contribution in [0.1, 0.15) is 41.3 Å². The molecule has 0 bridgehead atoms. The van der Waals surface area contributed by atoms with Crippen LogP contribution in [0.4, 0.5) is 5.69 Å². The first-order valence-corrected chi connectivity index (χ1v) is 11.3. The Morgan fingerprint density at radius 3 is 2.71 bits per heavy atom. The monoisotopic (exact) mass is 452 g/mol. The standard InChI is InChI=1S/C27H24N4O3/c1-16-11-24(30-15-22(16)17(2)32)26-13-25-27(34-26)21(5-8-29-25)18-3-4-23(19(12-18)14-28)31-20-6-9-33-10-7-20/h3-5,8,11-13,15,20,31H,6-7,9-10H2,1-2H3. The van der Waals surface area contributed by atoms with Gasteiger partial charge in [-0.2, -0.15) is 5.26 Å². The molecule has 0 amide bonds. The summed E-state index contributed by atoms with van der Waals surface area (Å²) in [7, 11) is 0. The zero-order chi connectivity index (χ0) is 23.7. The molecule has 0 spiro atoms. The van der Waals surface area contributed by atoms with E-state index in [2.05, 4.69) is 21.4 Å². The van der Waals surface area contributed by atoms with Gasteiger partial charge in [-0.3, -0.25) is 14.8 Å². The van der Waals surface area contributed by atoms with Gasteiger partial charge in [0.05, 0.1) is 11.3 Å². The Morgan fingerprint density at radius 1 is 1.15 bits per heavy atom. The lowest BCUT2D eigenvalue weighted by Gasteiger charge is -2.24. The number of Topliss-reactive ketones (excluding diaryl/α,β-unsaturated/α-hetero) is 1. The van der Waals surface area contributed by atoms with E-state index in [1.807, 2.05) is 43.3 Å². The number of pyridine rings is 2. The number of hydrogen-bond donors (Lipinski definition) is 1. The minimum atomic E-state index is -0.0202.